The Morgan fingerprint density at radius 2 is 1.59 bits per heavy atom. The number of para-hydroxylation sites is 2. The Bertz CT molecular complexity index is 1180. The van der Waals surface area contributed by atoms with E-state index in [9.17, 15) is 23.3 Å². The van der Waals surface area contributed by atoms with Crippen molar-refractivity contribution in [3.05, 3.63) is 94.5 Å². The highest BCUT2D eigenvalue weighted by Gasteiger charge is 2.16. The number of benzene rings is 3. The number of carbonyl (C=O) groups excluding carboxylic acids is 1. The average molecular weight is 455 g/mol. The normalized spacial score (nSPS) is 11.0. The number of anilines is 1. The quantitative estimate of drug-likeness (QED) is 0.357. The third-order valence-electron chi connectivity index (χ3n) is 4.42. The van der Waals surface area contributed by atoms with E-state index in [0.717, 1.165) is 5.56 Å². The van der Waals surface area contributed by atoms with Crippen LogP contribution < -0.4 is 14.8 Å². The van der Waals surface area contributed by atoms with E-state index in [-0.39, 0.29) is 22.9 Å². The van der Waals surface area contributed by atoms with Gasteiger partial charge in [-0.3, -0.25) is 14.9 Å². The van der Waals surface area contributed by atoms with Crippen LogP contribution in [0.3, 0.4) is 0 Å². The third-order valence-corrected chi connectivity index (χ3v) is 5.89. The lowest BCUT2D eigenvalue weighted by Crippen LogP contribution is -2.26. The molecule has 0 aliphatic heterocycles. The van der Waals surface area contributed by atoms with Crippen LogP contribution in [0.15, 0.2) is 83.8 Å². The summed E-state index contributed by atoms with van der Waals surface area (Å²) in [7, 11) is -3.69. The van der Waals surface area contributed by atoms with Gasteiger partial charge in [-0.25, -0.2) is 13.1 Å². The van der Waals surface area contributed by atoms with Crippen LogP contribution in [-0.2, 0) is 21.2 Å². The van der Waals surface area contributed by atoms with Gasteiger partial charge in [0.25, 0.3) is 5.91 Å². The predicted octanol–water partition coefficient (Wildman–Crippen LogP) is 3.13. The summed E-state index contributed by atoms with van der Waals surface area (Å²) < 4.78 is 32.6. The predicted molar refractivity (Wildman–Crippen MR) is 119 cm³/mol. The molecule has 2 N–H and O–H groups in total. The minimum atomic E-state index is -3.69. The molecule has 0 fully saturated rings. The molecule has 0 aliphatic carbocycles. The summed E-state index contributed by atoms with van der Waals surface area (Å²) >= 11 is 0. The fourth-order valence-corrected chi connectivity index (χ4v) is 3.88. The molecule has 10 heteroatoms. The second-order valence-corrected chi connectivity index (χ2v) is 8.49. The number of ether oxygens (including phenoxy) is 1. The van der Waals surface area contributed by atoms with Gasteiger partial charge in [0.2, 0.25) is 10.0 Å². The van der Waals surface area contributed by atoms with E-state index in [1.165, 1.54) is 42.5 Å². The van der Waals surface area contributed by atoms with Crippen molar-refractivity contribution < 1.29 is 22.9 Å². The maximum absolute atomic E-state index is 12.4. The molecule has 0 aliphatic rings. The number of carbonyl (C=O) groups is 1. The Labute approximate surface area is 185 Å². The van der Waals surface area contributed by atoms with Crippen LogP contribution >= 0.6 is 0 Å². The maximum Gasteiger partial charge on any atom is 0.310 e. The summed E-state index contributed by atoms with van der Waals surface area (Å²) in [5, 5.41) is 13.5. The highest BCUT2D eigenvalue weighted by Crippen LogP contribution is 2.25. The first-order chi connectivity index (χ1) is 15.3. The Kier molecular flexibility index (Phi) is 7.53. The van der Waals surface area contributed by atoms with Gasteiger partial charge in [0.05, 0.1) is 9.82 Å². The van der Waals surface area contributed by atoms with Gasteiger partial charge < -0.3 is 10.1 Å². The zero-order valence-corrected chi connectivity index (χ0v) is 17.7. The lowest BCUT2D eigenvalue weighted by Gasteiger charge is -2.10. The van der Waals surface area contributed by atoms with Gasteiger partial charge in [0.15, 0.2) is 12.4 Å². The molecule has 0 unspecified atom stereocenters. The molecule has 0 aromatic heterocycles. The number of amides is 1. The highest BCUT2D eigenvalue weighted by molar-refractivity contribution is 7.89. The summed E-state index contributed by atoms with van der Waals surface area (Å²) in [6.07, 6.45) is 0.563. The van der Waals surface area contributed by atoms with Crippen molar-refractivity contribution in [2.75, 3.05) is 18.5 Å². The van der Waals surface area contributed by atoms with Crippen LogP contribution in [-0.4, -0.2) is 32.4 Å². The smallest absolute Gasteiger partial charge is 0.310 e. The molecule has 0 saturated carbocycles. The van der Waals surface area contributed by atoms with E-state index in [1.54, 1.807) is 6.07 Å². The summed E-state index contributed by atoms with van der Waals surface area (Å²) in [5.74, 6) is -0.560. The molecule has 0 heterocycles. The van der Waals surface area contributed by atoms with Crippen molar-refractivity contribution in [1.82, 2.24) is 4.72 Å². The molecule has 3 aromatic rings. The van der Waals surface area contributed by atoms with Crippen LogP contribution in [0.25, 0.3) is 0 Å². The van der Waals surface area contributed by atoms with Gasteiger partial charge in [-0.2, -0.15) is 0 Å². The molecule has 3 rings (SSSR count). The van der Waals surface area contributed by atoms with Crippen LogP contribution in [0.4, 0.5) is 11.4 Å². The highest BCUT2D eigenvalue weighted by atomic mass is 32.2. The van der Waals surface area contributed by atoms with Crippen LogP contribution in [0.1, 0.15) is 5.56 Å². The molecule has 3 aromatic carbocycles. The summed E-state index contributed by atoms with van der Waals surface area (Å²) in [6.45, 7) is -0.181. The fraction of sp³-hybridized carbons (Fsp3) is 0.136. The Morgan fingerprint density at radius 3 is 2.28 bits per heavy atom. The van der Waals surface area contributed by atoms with E-state index >= 15 is 0 Å². The van der Waals surface area contributed by atoms with Crippen LogP contribution in [0, 0.1) is 10.1 Å². The minimum Gasteiger partial charge on any atom is -0.477 e. The van der Waals surface area contributed by atoms with E-state index in [2.05, 4.69) is 10.0 Å². The topological polar surface area (TPSA) is 128 Å². The second kappa shape index (κ2) is 10.5. The van der Waals surface area contributed by atoms with Gasteiger partial charge in [0, 0.05) is 18.3 Å². The van der Waals surface area contributed by atoms with Gasteiger partial charge >= 0.3 is 5.69 Å². The van der Waals surface area contributed by atoms with Crippen molar-refractivity contribution >= 4 is 27.3 Å². The average Bonchev–Trinajstić information content (AvgIpc) is 2.79. The number of rotatable bonds is 10. The van der Waals surface area contributed by atoms with Gasteiger partial charge in [-0.1, -0.05) is 42.5 Å². The summed E-state index contributed by atoms with van der Waals surface area (Å²) in [5.41, 5.74) is 1.15. The molecule has 0 atom stereocenters. The number of nitrogens with zero attached hydrogens (tertiary/aromatic N) is 1. The maximum atomic E-state index is 12.4. The Balaban J connectivity index is 1.52. The molecule has 0 saturated heterocycles. The van der Waals surface area contributed by atoms with E-state index in [4.69, 9.17) is 4.74 Å². The molecule has 0 radical (unpaired) electrons. The Hall–Kier alpha value is -3.76. The number of hydrogen-bond acceptors (Lipinski definition) is 6. The lowest BCUT2D eigenvalue weighted by molar-refractivity contribution is -0.385. The van der Waals surface area contributed by atoms with Crippen molar-refractivity contribution in [3.8, 4) is 5.75 Å². The zero-order chi connectivity index (χ0) is 23.0. The first-order valence-electron chi connectivity index (χ1n) is 9.65. The van der Waals surface area contributed by atoms with Crippen LogP contribution in [0.5, 0.6) is 5.75 Å². The Morgan fingerprint density at radius 1 is 0.938 bits per heavy atom. The summed E-state index contributed by atoms with van der Waals surface area (Å²) in [4.78, 5) is 22.5. The molecular formula is C22H21N3O6S. The van der Waals surface area contributed by atoms with Gasteiger partial charge in [0.1, 0.15) is 0 Å². The number of hydrogen-bond donors (Lipinski definition) is 2. The minimum absolute atomic E-state index is 0.0179. The van der Waals surface area contributed by atoms with Gasteiger partial charge in [-0.15, -0.1) is 0 Å². The van der Waals surface area contributed by atoms with Crippen LogP contribution in [0.2, 0.25) is 0 Å². The number of sulfonamides is 1. The van der Waals surface area contributed by atoms with E-state index in [1.807, 2.05) is 30.3 Å². The third kappa shape index (κ3) is 6.37. The molecule has 9 nitrogen and oxygen atoms in total. The van der Waals surface area contributed by atoms with Crippen molar-refractivity contribution in [2.24, 2.45) is 0 Å². The monoisotopic (exact) mass is 455 g/mol. The largest absolute Gasteiger partial charge is 0.477 e. The number of nitro groups is 1. The van der Waals surface area contributed by atoms with Gasteiger partial charge in [-0.05, 0) is 42.3 Å². The molecule has 0 bridgehead atoms. The SMILES string of the molecule is O=C(COc1ccccc1[N+](=O)[O-])Nc1ccc(S(=O)(=O)NCCc2ccccc2)cc1. The fourth-order valence-electron chi connectivity index (χ4n) is 2.85. The molecule has 1 amide bonds. The first-order valence-corrected chi connectivity index (χ1v) is 11.1. The second-order valence-electron chi connectivity index (χ2n) is 6.72. The van der Waals surface area contributed by atoms with Crippen molar-refractivity contribution in [1.29, 1.82) is 0 Å². The standard InChI is InChI=1S/C22H21N3O6S/c26-22(16-31-21-9-5-4-8-20(21)25(27)28)24-18-10-12-19(13-11-18)32(29,30)23-15-14-17-6-2-1-3-7-17/h1-13,23H,14-16H2,(H,24,26). The van der Waals surface area contributed by atoms with E-state index in [0.29, 0.717) is 12.1 Å². The summed E-state index contributed by atoms with van der Waals surface area (Å²) in [6, 6.07) is 20.9. The van der Waals surface area contributed by atoms with Crippen molar-refractivity contribution in [2.45, 2.75) is 11.3 Å². The molecule has 32 heavy (non-hydrogen) atoms. The lowest BCUT2D eigenvalue weighted by atomic mass is 10.2. The molecule has 166 valence electrons. The van der Waals surface area contributed by atoms with E-state index < -0.39 is 27.5 Å². The van der Waals surface area contributed by atoms with Crippen molar-refractivity contribution in [3.63, 3.8) is 0 Å². The molecular weight excluding hydrogens is 434 g/mol. The number of nitrogens with one attached hydrogen (secondary N) is 2. The molecule has 0 spiro atoms. The number of nitro benzene ring substituents is 1. The zero-order valence-electron chi connectivity index (χ0n) is 16.9. The first kappa shape index (κ1) is 22.9.